The number of anilines is 1. The maximum Gasteiger partial charge on any atom is 0.285 e. The van der Waals surface area contributed by atoms with E-state index in [1.807, 2.05) is 32.9 Å². The minimum atomic E-state index is -1.82. The minimum absolute atomic E-state index is 0.226. The molecule has 0 radical (unpaired) electrons. The number of primary amides is 1. The number of nitrogens with two attached hydrogens (primary N) is 1. The topological polar surface area (TPSA) is 148 Å². The van der Waals surface area contributed by atoms with Crippen molar-refractivity contribution in [3.8, 4) is 0 Å². The first-order valence-electron chi connectivity index (χ1n) is 11.1. The van der Waals surface area contributed by atoms with Crippen molar-refractivity contribution in [2.24, 2.45) is 17.1 Å². The molecule has 0 spiro atoms. The van der Waals surface area contributed by atoms with Crippen molar-refractivity contribution in [2.45, 2.75) is 52.5 Å². The summed E-state index contributed by atoms with van der Waals surface area (Å²) in [5, 5.41) is 7.98. The summed E-state index contributed by atoms with van der Waals surface area (Å²) in [6.07, 6.45) is 3.05. The highest BCUT2D eigenvalue weighted by Gasteiger charge is 2.60. The van der Waals surface area contributed by atoms with Gasteiger partial charge >= 0.3 is 0 Å². The second-order valence-electron chi connectivity index (χ2n) is 9.87. The van der Waals surface area contributed by atoms with Crippen molar-refractivity contribution < 1.29 is 18.8 Å². The highest BCUT2D eigenvalue weighted by molar-refractivity contribution is 6.15. The molecule has 3 heterocycles. The van der Waals surface area contributed by atoms with Crippen LogP contribution in [0, 0.1) is 11.3 Å². The number of imidazole rings is 1. The molecule has 1 aromatic carbocycles. The first-order valence-corrected chi connectivity index (χ1v) is 11.1. The van der Waals surface area contributed by atoms with Crippen LogP contribution in [0.15, 0.2) is 41.2 Å². The fraction of sp³-hybridized carbons (Fsp3) is 0.417. The van der Waals surface area contributed by atoms with E-state index in [2.05, 4.69) is 20.2 Å². The minimum Gasteiger partial charge on any atom is -0.418 e. The summed E-state index contributed by atoms with van der Waals surface area (Å²) in [6.45, 7) is 9.07. The number of H-pyrrole nitrogens is 1. The van der Waals surface area contributed by atoms with Crippen LogP contribution < -0.4 is 10.6 Å². The molecule has 0 aliphatic carbocycles. The summed E-state index contributed by atoms with van der Waals surface area (Å²) in [4.78, 5) is 49.1. The van der Waals surface area contributed by atoms with Gasteiger partial charge in [-0.2, -0.15) is 0 Å². The molecular weight excluding hydrogens is 436 g/mol. The van der Waals surface area contributed by atoms with E-state index >= 15 is 0 Å². The lowest BCUT2D eigenvalue weighted by Gasteiger charge is -2.41. The van der Waals surface area contributed by atoms with Crippen LogP contribution in [0.2, 0.25) is 0 Å². The first-order chi connectivity index (χ1) is 16.0. The summed E-state index contributed by atoms with van der Waals surface area (Å²) in [5.74, 6) is -2.60. The van der Waals surface area contributed by atoms with Gasteiger partial charge in [0, 0.05) is 11.1 Å². The number of hydrogen-bond donors (Lipinski definition) is 2. The second-order valence-corrected chi connectivity index (χ2v) is 9.87. The van der Waals surface area contributed by atoms with E-state index in [1.165, 1.54) is 17.4 Å². The zero-order valence-corrected chi connectivity index (χ0v) is 19.8. The lowest BCUT2D eigenvalue weighted by atomic mass is 9.66. The summed E-state index contributed by atoms with van der Waals surface area (Å²) >= 11 is 0. The molecule has 1 aliphatic rings. The third-order valence-electron chi connectivity index (χ3n) is 6.40. The fourth-order valence-corrected chi connectivity index (χ4v) is 4.66. The lowest BCUT2D eigenvalue weighted by molar-refractivity contribution is -0.128. The standard InChI is InChI=1S/C24H28N6O4/c1-13(2)24(21(25)33,18(31)19-28-29-22(34-19)23(3,4)5)17-10-14-8-6-7-9-16(14)30(17)20(32)15-11-26-12-27-15/h6-9,11-13,17H,10H2,1-5H3,(H2,25,33)(H,26,27)/t17-,24-/m0/s1. The van der Waals surface area contributed by atoms with Gasteiger partial charge in [0.05, 0.1) is 18.6 Å². The molecule has 2 aromatic heterocycles. The number of carbonyl (C=O) groups is 3. The summed E-state index contributed by atoms with van der Waals surface area (Å²) in [6, 6.07) is 6.38. The van der Waals surface area contributed by atoms with E-state index in [9.17, 15) is 14.4 Å². The Morgan fingerprint density at radius 3 is 2.44 bits per heavy atom. The third kappa shape index (κ3) is 3.49. The largest absolute Gasteiger partial charge is 0.418 e. The number of ketones is 1. The van der Waals surface area contributed by atoms with Gasteiger partial charge in [-0.1, -0.05) is 52.8 Å². The van der Waals surface area contributed by atoms with E-state index in [0.717, 1.165) is 5.56 Å². The molecule has 1 aliphatic heterocycles. The number of rotatable bonds is 6. The van der Waals surface area contributed by atoms with E-state index in [0.29, 0.717) is 5.69 Å². The maximum atomic E-state index is 14.0. The molecule has 2 amide bonds. The number of benzene rings is 1. The maximum absolute atomic E-state index is 14.0. The lowest BCUT2D eigenvalue weighted by Crippen LogP contribution is -2.62. The number of aromatic amines is 1. The fourth-order valence-electron chi connectivity index (χ4n) is 4.66. The van der Waals surface area contributed by atoms with Gasteiger partial charge in [-0.15, -0.1) is 10.2 Å². The number of carbonyl (C=O) groups excluding carboxylic acids is 3. The highest BCUT2D eigenvalue weighted by atomic mass is 16.4. The number of Topliss-reactive ketones (excluding diaryl/α,β-unsaturated/α-hetero) is 1. The van der Waals surface area contributed by atoms with Gasteiger partial charge in [-0.3, -0.25) is 14.4 Å². The van der Waals surface area contributed by atoms with Gasteiger partial charge in [0.2, 0.25) is 17.6 Å². The van der Waals surface area contributed by atoms with Crippen molar-refractivity contribution >= 4 is 23.3 Å². The molecule has 178 valence electrons. The molecular formula is C24H28N6O4. The van der Waals surface area contributed by atoms with Crippen molar-refractivity contribution in [1.29, 1.82) is 0 Å². The third-order valence-corrected chi connectivity index (χ3v) is 6.40. The van der Waals surface area contributed by atoms with Crippen molar-refractivity contribution in [3.05, 3.63) is 59.8 Å². The first kappa shape index (κ1) is 23.3. The van der Waals surface area contributed by atoms with Crippen LogP contribution in [0.3, 0.4) is 0 Å². The number of hydrogen-bond acceptors (Lipinski definition) is 7. The van der Waals surface area contributed by atoms with Gasteiger partial charge in [0.25, 0.3) is 11.8 Å². The Kier molecular flexibility index (Phi) is 5.63. The molecule has 0 unspecified atom stereocenters. The number of amides is 2. The van der Waals surface area contributed by atoms with Gasteiger partial charge < -0.3 is 20.0 Å². The number of nitrogens with zero attached hydrogens (tertiary/aromatic N) is 4. The molecule has 34 heavy (non-hydrogen) atoms. The van der Waals surface area contributed by atoms with E-state index < -0.39 is 40.4 Å². The van der Waals surface area contributed by atoms with Crippen LogP contribution >= 0.6 is 0 Å². The van der Waals surface area contributed by atoms with E-state index in [4.69, 9.17) is 10.2 Å². The molecule has 0 bridgehead atoms. The molecule has 4 rings (SSSR count). The Bertz CT molecular complexity index is 1240. The Morgan fingerprint density at radius 1 is 1.18 bits per heavy atom. The normalized spacial score (nSPS) is 17.5. The molecule has 0 fully saturated rings. The summed E-state index contributed by atoms with van der Waals surface area (Å²) in [5.41, 5.74) is 5.32. The number of nitrogens with one attached hydrogen (secondary N) is 1. The van der Waals surface area contributed by atoms with Crippen molar-refractivity contribution in [1.82, 2.24) is 20.2 Å². The number of para-hydroxylation sites is 1. The SMILES string of the molecule is CC(C)[C@@](C(N)=O)(C(=O)c1nnc(C(C)(C)C)o1)[C@@H]1Cc2ccccc2N1C(=O)c1cnc[nH]1. The number of aromatic nitrogens is 4. The molecule has 3 N–H and O–H groups in total. The molecule has 10 nitrogen and oxygen atoms in total. The molecule has 3 aromatic rings. The summed E-state index contributed by atoms with van der Waals surface area (Å²) in [7, 11) is 0. The Balaban J connectivity index is 1.89. The van der Waals surface area contributed by atoms with Crippen LogP contribution in [-0.4, -0.2) is 43.8 Å². The van der Waals surface area contributed by atoms with Crippen LogP contribution in [0.5, 0.6) is 0 Å². The second kappa shape index (κ2) is 8.19. The van der Waals surface area contributed by atoms with E-state index in [-0.39, 0.29) is 23.9 Å². The smallest absolute Gasteiger partial charge is 0.285 e. The van der Waals surface area contributed by atoms with Crippen LogP contribution in [0.25, 0.3) is 0 Å². The van der Waals surface area contributed by atoms with Crippen LogP contribution in [0.4, 0.5) is 5.69 Å². The molecule has 0 saturated carbocycles. The monoisotopic (exact) mass is 464 g/mol. The Labute approximate surface area is 196 Å². The van der Waals surface area contributed by atoms with Crippen LogP contribution in [-0.2, 0) is 16.6 Å². The highest BCUT2D eigenvalue weighted by Crippen LogP contribution is 2.46. The zero-order valence-electron chi connectivity index (χ0n) is 19.8. The average molecular weight is 465 g/mol. The Morgan fingerprint density at radius 2 is 1.88 bits per heavy atom. The molecule has 2 atom stereocenters. The summed E-state index contributed by atoms with van der Waals surface area (Å²) < 4.78 is 5.72. The van der Waals surface area contributed by atoms with Gasteiger partial charge in [0.1, 0.15) is 11.1 Å². The predicted molar refractivity (Wildman–Crippen MR) is 123 cm³/mol. The van der Waals surface area contributed by atoms with Crippen molar-refractivity contribution in [2.75, 3.05) is 4.90 Å². The van der Waals surface area contributed by atoms with Crippen molar-refractivity contribution in [3.63, 3.8) is 0 Å². The molecule has 10 heteroatoms. The van der Waals surface area contributed by atoms with Gasteiger partial charge in [-0.25, -0.2) is 4.98 Å². The van der Waals surface area contributed by atoms with Crippen LogP contribution in [0.1, 0.15) is 67.2 Å². The van der Waals surface area contributed by atoms with Gasteiger partial charge in [0.15, 0.2) is 0 Å². The van der Waals surface area contributed by atoms with E-state index in [1.54, 1.807) is 26.0 Å². The molecule has 0 saturated heterocycles. The predicted octanol–water partition coefficient (Wildman–Crippen LogP) is 2.67. The number of fused-ring (bicyclic) bond motifs is 1. The Hall–Kier alpha value is -3.82. The zero-order chi connectivity index (χ0) is 24.8. The average Bonchev–Trinajstić information content (AvgIpc) is 3.52. The van der Waals surface area contributed by atoms with Gasteiger partial charge in [-0.05, 0) is 24.0 Å². The quantitative estimate of drug-likeness (QED) is 0.421.